The maximum Gasteiger partial charge on any atom is 0.255 e. The van der Waals surface area contributed by atoms with E-state index in [4.69, 9.17) is 5.73 Å². The van der Waals surface area contributed by atoms with Gasteiger partial charge in [0.15, 0.2) is 11.4 Å². The van der Waals surface area contributed by atoms with Crippen LogP contribution in [0.1, 0.15) is 61.0 Å². The van der Waals surface area contributed by atoms with Crippen molar-refractivity contribution in [3.05, 3.63) is 81.8 Å². The molecule has 1 amide bonds. The van der Waals surface area contributed by atoms with Crippen LogP contribution in [0.3, 0.4) is 0 Å². The number of likely N-dealkylation sites (N-methyl/N-ethyl adjacent to an activating group) is 1. The van der Waals surface area contributed by atoms with E-state index in [2.05, 4.69) is 5.32 Å². The number of nitrogens with one attached hydrogen (secondary N) is 1. The van der Waals surface area contributed by atoms with Crippen molar-refractivity contribution in [3.63, 3.8) is 0 Å². The van der Waals surface area contributed by atoms with Crippen LogP contribution >= 0.6 is 0 Å². The molecule has 45 heavy (non-hydrogen) atoms. The predicted octanol–water partition coefficient (Wildman–Crippen LogP) is 2.82. The van der Waals surface area contributed by atoms with Crippen LogP contribution in [-0.2, 0) is 15.0 Å². The molecule has 6 atom stereocenters. The second-order valence-corrected chi connectivity index (χ2v) is 13.3. The van der Waals surface area contributed by atoms with E-state index in [0.717, 1.165) is 12.1 Å². The number of benzene rings is 2. The lowest BCUT2D eigenvalue weighted by atomic mass is 9.55. The van der Waals surface area contributed by atoms with Gasteiger partial charge in [-0.2, -0.15) is 0 Å². The van der Waals surface area contributed by atoms with E-state index < -0.39 is 81.1 Å². The Morgan fingerprint density at radius 3 is 2.31 bits per heavy atom. The first-order chi connectivity index (χ1) is 21.1. The summed E-state index contributed by atoms with van der Waals surface area (Å²) >= 11 is 0. The molecule has 0 saturated carbocycles. The quantitative estimate of drug-likeness (QED) is 0.171. The number of hydrogen-bond acceptors (Lipinski definition) is 10. The molecule has 0 bridgehead atoms. The predicted molar refractivity (Wildman–Crippen MR) is 167 cm³/mol. The SMILES string of the molecule is CC1c2ccc(C(C)(C)CCCNc3ccccc3)c(O)c2C(=O)C2=C(O)C3(O)C(=O)C(C(N)=O)=C(O)C(N(C)C)C3C(O)C21. The maximum absolute atomic E-state index is 14.2. The fourth-order valence-electron chi connectivity index (χ4n) is 7.62. The third-order valence-corrected chi connectivity index (χ3v) is 9.94. The van der Waals surface area contributed by atoms with Crippen molar-refractivity contribution in [2.24, 2.45) is 17.6 Å². The number of amides is 1. The zero-order chi connectivity index (χ0) is 33.2. The number of Topliss-reactive ketones (excluding diaryl/α,β-unsaturated/α-hetero) is 2. The second kappa shape index (κ2) is 11.3. The maximum atomic E-state index is 14.2. The summed E-state index contributed by atoms with van der Waals surface area (Å²) < 4.78 is 0. The molecule has 11 nitrogen and oxygen atoms in total. The molecule has 8 N–H and O–H groups in total. The number of phenolic OH excluding ortho intramolecular Hbond substituents is 1. The monoisotopic (exact) mass is 619 g/mol. The second-order valence-electron chi connectivity index (χ2n) is 13.3. The van der Waals surface area contributed by atoms with E-state index in [9.17, 15) is 39.9 Å². The standard InChI is InChI=1S/C34H41N3O8/c1-16-18-12-13-19(33(2,3)14-9-15-36-17-10-7-6-8-11-17)26(38)21(18)27(39)22-20(16)28(40)24-25(37(4)5)29(41)23(32(35)44)31(43)34(24,45)30(22)42/h6-8,10-13,16,20,24-25,28,36,38,40-42,45H,9,14-15H2,1-5H3,(H2,35,44). The smallest absolute Gasteiger partial charge is 0.255 e. The molecule has 0 radical (unpaired) electrons. The number of aliphatic hydroxyl groups is 4. The van der Waals surface area contributed by atoms with Crippen molar-refractivity contribution in [1.29, 1.82) is 0 Å². The number of carbonyl (C=O) groups excluding carboxylic acids is 3. The van der Waals surface area contributed by atoms with Gasteiger partial charge in [0.2, 0.25) is 5.78 Å². The summed E-state index contributed by atoms with van der Waals surface area (Å²) in [6.07, 6.45) is -0.211. The molecule has 3 aliphatic rings. The number of carbonyl (C=O) groups is 3. The highest BCUT2D eigenvalue weighted by atomic mass is 16.4. The zero-order valence-electron chi connectivity index (χ0n) is 26.0. The van der Waals surface area contributed by atoms with Crippen molar-refractivity contribution in [3.8, 4) is 5.75 Å². The number of ketones is 2. The Morgan fingerprint density at radius 2 is 1.71 bits per heavy atom. The number of phenols is 1. The number of aliphatic hydroxyl groups excluding tert-OH is 3. The summed E-state index contributed by atoms with van der Waals surface area (Å²) in [4.78, 5) is 41.4. The molecule has 6 unspecified atom stereocenters. The van der Waals surface area contributed by atoms with Crippen LogP contribution in [0.2, 0.25) is 0 Å². The molecular formula is C34H41N3O8. The molecular weight excluding hydrogens is 578 g/mol. The average Bonchev–Trinajstić information content (AvgIpc) is 2.97. The Kier molecular flexibility index (Phi) is 8.10. The Balaban J connectivity index is 1.56. The molecule has 2 aromatic rings. The third kappa shape index (κ3) is 4.81. The summed E-state index contributed by atoms with van der Waals surface area (Å²) in [6, 6.07) is 12.0. The van der Waals surface area contributed by atoms with Crippen LogP contribution in [0.4, 0.5) is 5.69 Å². The van der Waals surface area contributed by atoms with E-state index in [1.807, 2.05) is 44.2 Å². The number of fused-ring (bicyclic) bond motifs is 3. The summed E-state index contributed by atoms with van der Waals surface area (Å²) in [6.45, 7) is 6.32. The molecule has 11 heteroatoms. The highest BCUT2D eigenvalue weighted by Crippen LogP contribution is 2.56. The van der Waals surface area contributed by atoms with Crippen molar-refractivity contribution < 1.29 is 39.9 Å². The minimum Gasteiger partial charge on any atom is -0.510 e. The third-order valence-electron chi connectivity index (χ3n) is 9.94. The van der Waals surface area contributed by atoms with E-state index in [1.54, 1.807) is 19.1 Å². The van der Waals surface area contributed by atoms with Crippen LogP contribution in [0.25, 0.3) is 0 Å². The van der Waals surface area contributed by atoms with E-state index in [1.165, 1.54) is 19.0 Å². The number of rotatable bonds is 8. The van der Waals surface area contributed by atoms with Crippen LogP contribution in [0, 0.1) is 11.8 Å². The minimum atomic E-state index is -2.94. The van der Waals surface area contributed by atoms with Crippen LogP contribution in [0.15, 0.2) is 65.1 Å². The lowest BCUT2D eigenvalue weighted by Gasteiger charge is -2.53. The number of nitrogens with zero attached hydrogens (tertiary/aromatic N) is 1. The summed E-state index contributed by atoms with van der Waals surface area (Å²) in [7, 11) is 3.00. The Morgan fingerprint density at radius 1 is 1.07 bits per heavy atom. The van der Waals surface area contributed by atoms with Gasteiger partial charge in [-0.05, 0) is 56.0 Å². The Hall–Kier alpha value is -4.19. The van der Waals surface area contributed by atoms with Crippen molar-refractivity contribution in [2.45, 2.75) is 62.7 Å². The normalized spacial score (nSPS) is 28.1. The first kappa shape index (κ1) is 32.2. The van der Waals surface area contributed by atoms with Gasteiger partial charge < -0.3 is 36.6 Å². The molecule has 5 rings (SSSR count). The first-order valence-electron chi connectivity index (χ1n) is 15.1. The average molecular weight is 620 g/mol. The van der Waals surface area contributed by atoms with Crippen LogP contribution in [0.5, 0.6) is 5.75 Å². The van der Waals surface area contributed by atoms with Gasteiger partial charge in [-0.25, -0.2) is 0 Å². The van der Waals surface area contributed by atoms with Gasteiger partial charge >= 0.3 is 0 Å². The molecule has 0 fully saturated rings. The van der Waals surface area contributed by atoms with Gasteiger partial charge in [0.1, 0.15) is 22.8 Å². The number of aromatic hydroxyl groups is 1. The molecule has 0 saturated heterocycles. The van der Waals surface area contributed by atoms with E-state index in [-0.39, 0.29) is 11.3 Å². The number of hydrogen-bond donors (Lipinski definition) is 7. The number of nitrogens with two attached hydrogens (primary N) is 1. The van der Waals surface area contributed by atoms with Gasteiger partial charge in [0.05, 0.1) is 23.6 Å². The Labute approximate surface area is 261 Å². The lowest BCUT2D eigenvalue weighted by Crippen LogP contribution is -2.68. The molecule has 3 aliphatic carbocycles. The number of anilines is 1. The summed E-state index contributed by atoms with van der Waals surface area (Å²) in [5, 5.41) is 61.2. The number of primary amides is 1. The summed E-state index contributed by atoms with van der Waals surface area (Å²) in [5.41, 5.74) is 2.41. The highest BCUT2D eigenvalue weighted by molar-refractivity contribution is 6.25. The molecule has 2 aromatic carbocycles. The lowest BCUT2D eigenvalue weighted by molar-refractivity contribution is -0.162. The van der Waals surface area contributed by atoms with Gasteiger partial charge in [0, 0.05) is 29.3 Å². The number of para-hydroxylation sites is 1. The molecule has 0 spiro atoms. The van der Waals surface area contributed by atoms with Crippen molar-refractivity contribution >= 4 is 23.2 Å². The van der Waals surface area contributed by atoms with E-state index in [0.29, 0.717) is 24.1 Å². The fraction of sp³-hybridized carbons (Fsp3) is 0.441. The molecule has 0 heterocycles. The van der Waals surface area contributed by atoms with Crippen LogP contribution < -0.4 is 11.1 Å². The van der Waals surface area contributed by atoms with Crippen molar-refractivity contribution in [1.82, 2.24) is 4.90 Å². The molecule has 240 valence electrons. The van der Waals surface area contributed by atoms with Crippen LogP contribution in [-0.4, -0.2) is 86.3 Å². The molecule has 0 aromatic heterocycles. The zero-order valence-corrected chi connectivity index (χ0v) is 26.0. The first-order valence-corrected chi connectivity index (χ1v) is 15.1. The van der Waals surface area contributed by atoms with Gasteiger partial charge in [-0.1, -0.05) is 51.1 Å². The fourth-order valence-corrected chi connectivity index (χ4v) is 7.62. The topological polar surface area (TPSA) is 194 Å². The van der Waals surface area contributed by atoms with Crippen molar-refractivity contribution in [2.75, 3.05) is 26.0 Å². The Bertz CT molecular complexity index is 1630. The summed E-state index contributed by atoms with van der Waals surface area (Å²) in [5.74, 6) is -8.92. The molecule has 0 aliphatic heterocycles. The highest BCUT2D eigenvalue weighted by Gasteiger charge is 2.67. The van der Waals surface area contributed by atoms with Gasteiger partial charge in [-0.3, -0.25) is 19.3 Å². The largest absolute Gasteiger partial charge is 0.510 e. The van der Waals surface area contributed by atoms with Gasteiger partial charge in [0.25, 0.3) is 5.91 Å². The van der Waals surface area contributed by atoms with Gasteiger partial charge in [-0.15, -0.1) is 0 Å². The van der Waals surface area contributed by atoms with E-state index >= 15 is 0 Å². The minimum absolute atomic E-state index is 0.0801.